The molecule has 0 aromatic heterocycles. The number of benzene rings is 1. The fraction of sp³-hybridized carbons (Fsp3) is 0.400. The molecule has 1 N–H and O–H groups in total. The van der Waals surface area contributed by atoms with E-state index in [0.717, 1.165) is 23.0 Å². The number of hydrogen-bond acceptors (Lipinski definition) is 6. The highest BCUT2D eigenvalue weighted by molar-refractivity contribution is 7.88. The molecule has 5 rings (SSSR count). The molecule has 0 saturated carbocycles. The van der Waals surface area contributed by atoms with Gasteiger partial charge in [0, 0.05) is 37.3 Å². The predicted octanol–water partition coefficient (Wildman–Crippen LogP) is 3.90. The average molecular weight is 533 g/mol. The van der Waals surface area contributed by atoms with Crippen molar-refractivity contribution in [3.63, 3.8) is 0 Å². The molecule has 4 aliphatic heterocycles. The third kappa shape index (κ3) is 4.75. The standard InChI is InChI=1S/C25H27F3N6O2S/c1-14(17-5-4-6-18(21(17)26)22(27)28)30-23-20-13-19(16-7-10-33(11-8-16)37(3,35)36)24-29-9-12-34(24)25(20)32-15(2)31-23/h4-7,13-14,22,29H,8-12H2,1-3H3/t14-/m1/s1. The molecule has 0 fully saturated rings. The number of fused-ring (bicyclic) bond motifs is 3. The van der Waals surface area contributed by atoms with E-state index in [1.54, 1.807) is 13.8 Å². The Morgan fingerprint density at radius 1 is 1.14 bits per heavy atom. The van der Waals surface area contributed by atoms with Crippen LogP contribution in [0.15, 0.2) is 35.3 Å². The number of halogens is 3. The van der Waals surface area contributed by atoms with Crippen molar-refractivity contribution in [1.82, 2.24) is 18.8 Å². The van der Waals surface area contributed by atoms with E-state index < -0.39 is 33.9 Å². The van der Waals surface area contributed by atoms with E-state index in [-0.39, 0.29) is 12.1 Å². The molecule has 0 spiro atoms. The van der Waals surface area contributed by atoms with Crippen LogP contribution in [0.5, 0.6) is 0 Å². The first-order valence-electron chi connectivity index (χ1n) is 12.0. The van der Waals surface area contributed by atoms with E-state index in [2.05, 4.69) is 20.3 Å². The van der Waals surface area contributed by atoms with E-state index in [1.165, 1.54) is 22.7 Å². The second-order valence-corrected chi connectivity index (χ2v) is 11.3. The maximum Gasteiger partial charge on any atom is 0.266 e. The maximum absolute atomic E-state index is 14.8. The first kappa shape index (κ1) is 25.4. The fourth-order valence-electron chi connectivity index (χ4n) is 4.90. The van der Waals surface area contributed by atoms with Crippen LogP contribution in [-0.4, -0.2) is 53.1 Å². The highest BCUT2D eigenvalue weighted by Gasteiger charge is 2.28. The van der Waals surface area contributed by atoms with Crippen LogP contribution in [0.4, 0.5) is 19.0 Å². The largest absolute Gasteiger partial charge is 0.369 e. The topological polar surface area (TPSA) is 92.5 Å². The van der Waals surface area contributed by atoms with Gasteiger partial charge in [0.15, 0.2) is 5.49 Å². The zero-order chi connectivity index (χ0) is 26.5. The molecule has 0 bridgehead atoms. The first-order valence-corrected chi connectivity index (χ1v) is 13.8. The number of sulfonamides is 1. The minimum absolute atomic E-state index is 0.0637. The minimum atomic E-state index is -3.29. The van der Waals surface area contributed by atoms with Gasteiger partial charge >= 0.3 is 0 Å². The third-order valence-corrected chi connectivity index (χ3v) is 8.03. The molecule has 4 heterocycles. The van der Waals surface area contributed by atoms with E-state index in [9.17, 15) is 21.6 Å². The van der Waals surface area contributed by atoms with Crippen molar-refractivity contribution in [2.45, 2.75) is 39.3 Å². The number of nitrogens with one attached hydrogen (secondary N) is 1. The van der Waals surface area contributed by atoms with Crippen LogP contribution >= 0.6 is 0 Å². The molecule has 12 heteroatoms. The van der Waals surface area contributed by atoms with Crippen LogP contribution in [0.2, 0.25) is 0 Å². The number of aryl methyl sites for hydroxylation is 1. The van der Waals surface area contributed by atoms with Gasteiger partial charge in [0.1, 0.15) is 23.3 Å². The molecular formula is C25H27F3N6O2S. The van der Waals surface area contributed by atoms with Gasteiger partial charge in [0.2, 0.25) is 10.0 Å². The van der Waals surface area contributed by atoms with E-state index in [4.69, 9.17) is 0 Å². The van der Waals surface area contributed by atoms with E-state index in [1.807, 2.05) is 16.7 Å². The lowest BCUT2D eigenvalue weighted by molar-refractivity contribution is 0.146. The number of nitrogens with zero attached hydrogens (tertiary/aromatic N) is 5. The third-order valence-electron chi connectivity index (χ3n) is 6.76. The Morgan fingerprint density at radius 2 is 1.89 bits per heavy atom. The summed E-state index contributed by atoms with van der Waals surface area (Å²) in [5.74, 6) is 1.07. The van der Waals surface area contributed by atoms with Crippen molar-refractivity contribution in [3.8, 4) is 11.4 Å². The Kier molecular flexibility index (Phi) is 6.57. The van der Waals surface area contributed by atoms with Gasteiger partial charge in [-0.2, -0.15) is 4.31 Å². The summed E-state index contributed by atoms with van der Waals surface area (Å²) >= 11 is 0. The van der Waals surface area contributed by atoms with Gasteiger partial charge in [-0.25, -0.2) is 31.6 Å². The van der Waals surface area contributed by atoms with Gasteiger partial charge < -0.3 is 9.88 Å². The summed E-state index contributed by atoms with van der Waals surface area (Å²) in [7, 11) is -3.29. The van der Waals surface area contributed by atoms with Crippen LogP contribution in [-0.2, 0) is 16.6 Å². The number of alkyl halides is 2. The number of pyridine rings is 1. The summed E-state index contributed by atoms with van der Waals surface area (Å²) in [4.78, 5) is 13.8. The Balaban J connectivity index is 1.65. The summed E-state index contributed by atoms with van der Waals surface area (Å²) in [6, 6.07) is 5.08. The van der Waals surface area contributed by atoms with Gasteiger partial charge in [0.25, 0.3) is 6.43 Å². The Morgan fingerprint density at radius 3 is 2.57 bits per heavy atom. The Hall–Kier alpha value is -3.25. The van der Waals surface area contributed by atoms with Crippen LogP contribution < -0.4 is 10.8 Å². The molecule has 37 heavy (non-hydrogen) atoms. The number of rotatable bonds is 5. The minimum Gasteiger partial charge on any atom is -0.369 e. The summed E-state index contributed by atoms with van der Waals surface area (Å²) < 4.78 is 68.7. The molecule has 4 aliphatic rings. The molecule has 0 amide bonds. The lowest BCUT2D eigenvalue weighted by Gasteiger charge is -2.26. The molecule has 0 radical (unpaired) electrons. The number of anilines is 1. The number of hydrogen-bond donors (Lipinski definition) is 1. The quantitative estimate of drug-likeness (QED) is 0.538. The molecule has 0 aliphatic carbocycles. The fourth-order valence-corrected chi connectivity index (χ4v) is 5.67. The number of aromatic nitrogens is 3. The molecule has 8 nitrogen and oxygen atoms in total. The highest BCUT2D eigenvalue weighted by Crippen LogP contribution is 2.36. The van der Waals surface area contributed by atoms with Crippen LogP contribution in [0.1, 0.15) is 48.3 Å². The predicted molar refractivity (Wildman–Crippen MR) is 134 cm³/mol. The van der Waals surface area contributed by atoms with Crippen molar-refractivity contribution in [3.05, 3.63) is 64.2 Å². The molecule has 1 atom stereocenters. The summed E-state index contributed by atoms with van der Waals surface area (Å²) in [6.07, 6.45) is 0.720. The van der Waals surface area contributed by atoms with Crippen LogP contribution in [0, 0.1) is 12.7 Å². The smallest absolute Gasteiger partial charge is 0.266 e. The average Bonchev–Trinajstić information content (AvgIpc) is 3.33. The molecule has 0 saturated heterocycles. The first-order chi connectivity index (χ1) is 17.5. The normalized spacial score (nSPS) is 17.7. The van der Waals surface area contributed by atoms with Crippen molar-refractivity contribution >= 4 is 21.4 Å². The molecular weight excluding hydrogens is 505 g/mol. The Bertz CT molecular complexity index is 1550. The monoisotopic (exact) mass is 532 g/mol. The Labute approximate surface area is 213 Å². The van der Waals surface area contributed by atoms with E-state index >= 15 is 0 Å². The van der Waals surface area contributed by atoms with Crippen molar-refractivity contribution in [2.75, 3.05) is 31.2 Å². The highest BCUT2D eigenvalue weighted by atomic mass is 32.2. The maximum atomic E-state index is 14.8. The van der Waals surface area contributed by atoms with Gasteiger partial charge in [-0.3, -0.25) is 4.99 Å². The van der Waals surface area contributed by atoms with Gasteiger partial charge in [0.05, 0.1) is 23.4 Å². The summed E-state index contributed by atoms with van der Waals surface area (Å²) in [5.41, 5.74) is 2.30. The second kappa shape index (κ2) is 9.56. The van der Waals surface area contributed by atoms with Crippen molar-refractivity contribution in [1.29, 1.82) is 0 Å². The van der Waals surface area contributed by atoms with Gasteiger partial charge in [-0.05, 0) is 31.9 Å². The SMILES string of the molecule is Cc1nc2n3c(c(C4=CCN(S(C)(=O)=O)CC4)cc-2c(=N[C@H](C)c2cccc(C(F)F)c2F)n1)NCC3. The van der Waals surface area contributed by atoms with Gasteiger partial charge in [-0.15, -0.1) is 0 Å². The summed E-state index contributed by atoms with van der Waals surface area (Å²) in [5, 5.41) is 3.41. The zero-order valence-electron chi connectivity index (χ0n) is 20.7. The summed E-state index contributed by atoms with van der Waals surface area (Å²) in [6.45, 7) is 5.41. The molecule has 1 aromatic rings. The van der Waals surface area contributed by atoms with E-state index in [0.29, 0.717) is 48.8 Å². The van der Waals surface area contributed by atoms with Crippen molar-refractivity contribution < 1.29 is 21.6 Å². The molecule has 1 aromatic carbocycles. The van der Waals surface area contributed by atoms with Crippen LogP contribution in [0.3, 0.4) is 0 Å². The zero-order valence-corrected chi connectivity index (χ0v) is 21.5. The second-order valence-electron chi connectivity index (χ2n) is 9.27. The molecule has 196 valence electrons. The van der Waals surface area contributed by atoms with Crippen LogP contribution in [0.25, 0.3) is 17.0 Å². The van der Waals surface area contributed by atoms with Crippen molar-refractivity contribution in [2.24, 2.45) is 4.99 Å². The molecule has 0 unspecified atom stereocenters. The lowest BCUT2D eigenvalue weighted by atomic mass is 9.98. The lowest BCUT2D eigenvalue weighted by Crippen LogP contribution is -2.33. The van der Waals surface area contributed by atoms with Gasteiger partial charge in [-0.1, -0.05) is 24.3 Å².